The van der Waals surface area contributed by atoms with E-state index in [-0.39, 0.29) is 11.9 Å². The Morgan fingerprint density at radius 3 is 3.11 bits per heavy atom. The molecule has 0 aromatic carbocycles. The second-order valence-corrected chi connectivity index (χ2v) is 4.06. The summed E-state index contributed by atoms with van der Waals surface area (Å²) in [5.41, 5.74) is 6.01. The number of hydrogen-bond acceptors (Lipinski definition) is 6. The zero-order valence-electron chi connectivity index (χ0n) is 10.3. The third kappa shape index (κ3) is 2.51. The van der Waals surface area contributed by atoms with Gasteiger partial charge in [-0.05, 0) is 6.42 Å². The van der Waals surface area contributed by atoms with Crippen LogP contribution >= 0.6 is 0 Å². The Kier molecular flexibility index (Phi) is 3.93. The van der Waals surface area contributed by atoms with Gasteiger partial charge in [-0.15, -0.1) is 0 Å². The summed E-state index contributed by atoms with van der Waals surface area (Å²) in [6.07, 6.45) is 4.24. The van der Waals surface area contributed by atoms with E-state index in [1.807, 2.05) is 0 Å². The lowest BCUT2D eigenvalue weighted by molar-refractivity contribution is 0.0381. The lowest BCUT2D eigenvalue weighted by Crippen LogP contribution is -2.43. The van der Waals surface area contributed by atoms with Crippen LogP contribution in [0.2, 0.25) is 0 Å². The van der Waals surface area contributed by atoms with Crippen LogP contribution in [0.1, 0.15) is 19.0 Å². The fourth-order valence-corrected chi connectivity index (χ4v) is 1.95. The number of aromatic nitrogens is 2. The van der Waals surface area contributed by atoms with Gasteiger partial charge < -0.3 is 20.6 Å². The fraction of sp³-hybridized carbons (Fsp3) is 0.545. The predicted octanol–water partition coefficient (Wildman–Crippen LogP) is 0.186. The maximum Gasteiger partial charge on any atom is 0.192 e. The molecule has 3 N–H and O–H groups in total. The van der Waals surface area contributed by atoms with Crippen LogP contribution in [0, 0.1) is 0 Å². The summed E-state index contributed by atoms with van der Waals surface area (Å²) >= 11 is 0. The number of ether oxygens (including phenoxy) is 1. The van der Waals surface area contributed by atoms with Gasteiger partial charge in [-0.3, -0.25) is 0 Å². The first-order valence-corrected chi connectivity index (χ1v) is 5.91. The molecule has 1 aromatic heterocycles. The van der Waals surface area contributed by atoms with Crippen molar-refractivity contribution in [2.24, 2.45) is 10.9 Å². The van der Waals surface area contributed by atoms with Crippen LogP contribution < -0.4 is 10.6 Å². The van der Waals surface area contributed by atoms with Crippen LogP contribution in [-0.4, -0.2) is 46.8 Å². The van der Waals surface area contributed by atoms with Crippen molar-refractivity contribution in [3.8, 4) is 0 Å². The third-order valence-electron chi connectivity index (χ3n) is 2.92. The molecule has 0 amide bonds. The second-order valence-electron chi connectivity index (χ2n) is 4.06. The van der Waals surface area contributed by atoms with E-state index in [9.17, 15) is 0 Å². The highest BCUT2D eigenvalue weighted by atomic mass is 16.5. The maximum atomic E-state index is 8.76. The topological polar surface area (TPSA) is 96.9 Å². The van der Waals surface area contributed by atoms with Crippen molar-refractivity contribution < 1.29 is 9.94 Å². The van der Waals surface area contributed by atoms with E-state index in [1.54, 1.807) is 6.20 Å². The zero-order valence-corrected chi connectivity index (χ0v) is 10.3. The van der Waals surface area contributed by atoms with Crippen molar-refractivity contribution in [3.05, 3.63) is 18.1 Å². The molecule has 0 radical (unpaired) electrons. The Morgan fingerprint density at radius 1 is 1.61 bits per heavy atom. The predicted molar refractivity (Wildman–Crippen MR) is 66.8 cm³/mol. The number of anilines is 1. The molecule has 1 aromatic rings. The Labute approximate surface area is 105 Å². The average molecular weight is 251 g/mol. The zero-order chi connectivity index (χ0) is 13.0. The molecule has 1 fully saturated rings. The number of hydrogen-bond donors (Lipinski definition) is 2. The highest BCUT2D eigenvalue weighted by Crippen LogP contribution is 2.19. The molecule has 0 bridgehead atoms. The largest absolute Gasteiger partial charge is 0.409 e. The summed E-state index contributed by atoms with van der Waals surface area (Å²) in [6, 6.07) is 0. The minimum atomic E-state index is -0.0300. The van der Waals surface area contributed by atoms with Crippen LogP contribution in [0.5, 0.6) is 0 Å². The number of oxime groups is 1. The van der Waals surface area contributed by atoms with E-state index >= 15 is 0 Å². The maximum absolute atomic E-state index is 8.76. The Morgan fingerprint density at radius 2 is 2.39 bits per heavy atom. The number of morpholine rings is 1. The van der Waals surface area contributed by atoms with Crippen LogP contribution in [0.4, 0.5) is 5.82 Å². The summed E-state index contributed by atoms with van der Waals surface area (Å²) in [4.78, 5) is 10.4. The molecule has 1 aliphatic rings. The Bertz CT molecular complexity index is 437. The van der Waals surface area contributed by atoms with Gasteiger partial charge in [-0.25, -0.2) is 9.97 Å². The highest BCUT2D eigenvalue weighted by molar-refractivity contribution is 5.99. The Hall–Kier alpha value is -1.89. The number of amidine groups is 1. The average Bonchev–Trinajstić information content (AvgIpc) is 2.46. The minimum Gasteiger partial charge on any atom is -0.409 e. The summed E-state index contributed by atoms with van der Waals surface area (Å²) in [5.74, 6) is 0.604. The van der Waals surface area contributed by atoms with Crippen molar-refractivity contribution in [2.75, 3.05) is 24.6 Å². The molecule has 7 heteroatoms. The third-order valence-corrected chi connectivity index (χ3v) is 2.92. The summed E-state index contributed by atoms with van der Waals surface area (Å²) in [7, 11) is 0. The van der Waals surface area contributed by atoms with Crippen molar-refractivity contribution in [2.45, 2.75) is 19.4 Å². The standard InChI is InChI=1S/C11H17N5O2/c1-2-8-7-16(5-6-18-8)11-9(10(12)15-17)13-3-4-14-11/h3-4,8,17H,2,5-7H2,1H3,(H2,12,15). The molecule has 0 aliphatic carbocycles. The molecule has 0 saturated carbocycles. The number of nitrogens with two attached hydrogens (primary N) is 1. The molecule has 1 atom stereocenters. The van der Waals surface area contributed by atoms with E-state index in [4.69, 9.17) is 15.7 Å². The highest BCUT2D eigenvalue weighted by Gasteiger charge is 2.23. The molecule has 2 rings (SSSR count). The van der Waals surface area contributed by atoms with Gasteiger partial charge in [-0.1, -0.05) is 12.1 Å². The van der Waals surface area contributed by atoms with Crippen LogP contribution in [-0.2, 0) is 4.74 Å². The van der Waals surface area contributed by atoms with Gasteiger partial charge >= 0.3 is 0 Å². The molecule has 7 nitrogen and oxygen atoms in total. The van der Waals surface area contributed by atoms with Crippen LogP contribution in [0.15, 0.2) is 17.5 Å². The number of rotatable bonds is 3. The Balaban J connectivity index is 2.27. The minimum absolute atomic E-state index is 0.0300. The van der Waals surface area contributed by atoms with Gasteiger partial charge in [0.05, 0.1) is 12.7 Å². The summed E-state index contributed by atoms with van der Waals surface area (Å²) < 4.78 is 5.60. The molecule has 1 saturated heterocycles. The van der Waals surface area contributed by atoms with E-state index in [0.29, 0.717) is 18.1 Å². The fourth-order valence-electron chi connectivity index (χ4n) is 1.95. The number of nitrogens with zero attached hydrogens (tertiary/aromatic N) is 4. The van der Waals surface area contributed by atoms with Gasteiger partial charge in [0.25, 0.3) is 0 Å². The van der Waals surface area contributed by atoms with E-state index in [2.05, 4.69) is 26.9 Å². The van der Waals surface area contributed by atoms with Crippen molar-refractivity contribution in [1.82, 2.24) is 9.97 Å². The normalized spacial score (nSPS) is 21.1. The van der Waals surface area contributed by atoms with Crippen LogP contribution in [0.25, 0.3) is 0 Å². The molecule has 2 heterocycles. The summed E-state index contributed by atoms with van der Waals surface area (Å²) in [6.45, 7) is 4.18. The van der Waals surface area contributed by atoms with Gasteiger partial charge in [0.2, 0.25) is 0 Å². The summed E-state index contributed by atoms with van der Waals surface area (Å²) in [5, 5.41) is 11.7. The molecular formula is C11H17N5O2. The van der Waals surface area contributed by atoms with E-state index in [0.717, 1.165) is 19.5 Å². The monoisotopic (exact) mass is 251 g/mol. The van der Waals surface area contributed by atoms with E-state index in [1.165, 1.54) is 6.20 Å². The molecular weight excluding hydrogens is 234 g/mol. The van der Waals surface area contributed by atoms with Gasteiger partial charge in [0, 0.05) is 25.5 Å². The molecule has 18 heavy (non-hydrogen) atoms. The lowest BCUT2D eigenvalue weighted by atomic mass is 10.2. The van der Waals surface area contributed by atoms with Crippen molar-refractivity contribution in [1.29, 1.82) is 0 Å². The van der Waals surface area contributed by atoms with E-state index < -0.39 is 0 Å². The SMILES string of the molecule is CCC1CN(c2nccnc2/C(N)=N/O)CCO1. The van der Waals surface area contributed by atoms with Crippen molar-refractivity contribution >= 4 is 11.7 Å². The molecule has 1 unspecified atom stereocenters. The quantitative estimate of drug-likeness (QED) is 0.344. The van der Waals surface area contributed by atoms with Crippen LogP contribution in [0.3, 0.4) is 0 Å². The van der Waals surface area contributed by atoms with Crippen molar-refractivity contribution in [3.63, 3.8) is 0 Å². The first-order valence-electron chi connectivity index (χ1n) is 5.91. The second kappa shape index (κ2) is 5.63. The first kappa shape index (κ1) is 12.6. The van der Waals surface area contributed by atoms with Gasteiger partial charge in [0.15, 0.2) is 17.3 Å². The molecule has 98 valence electrons. The van der Waals surface area contributed by atoms with Gasteiger partial charge in [0.1, 0.15) is 0 Å². The molecule has 0 spiro atoms. The first-order chi connectivity index (χ1) is 8.76. The van der Waals surface area contributed by atoms with Gasteiger partial charge in [-0.2, -0.15) is 0 Å². The lowest BCUT2D eigenvalue weighted by Gasteiger charge is -2.33. The smallest absolute Gasteiger partial charge is 0.192 e. The molecule has 1 aliphatic heterocycles.